The highest BCUT2D eigenvalue weighted by atomic mass is 35.5. The van der Waals surface area contributed by atoms with Crippen molar-refractivity contribution >= 4 is 41.0 Å². The van der Waals surface area contributed by atoms with Crippen LogP contribution in [0.4, 0.5) is 10.5 Å². The number of carbonyl (C=O) groups excluding carboxylic acids is 2. The molecule has 27 heavy (non-hydrogen) atoms. The first kappa shape index (κ1) is 18.3. The zero-order chi connectivity index (χ0) is 18.9. The van der Waals surface area contributed by atoms with Crippen molar-refractivity contribution in [1.29, 1.82) is 0 Å². The molecule has 0 bridgehead atoms. The summed E-state index contributed by atoms with van der Waals surface area (Å²) in [5.41, 5.74) is 0.678. The Morgan fingerprint density at radius 1 is 1.26 bits per heavy atom. The Labute approximate surface area is 166 Å². The van der Waals surface area contributed by atoms with E-state index in [9.17, 15) is 9.59 Å². The van der Waals surface area contributed by atoms with Gasteiger partial charge in [-0.25, -0.2) is 4.79 Å². The molecule has 4 rings (SSSR count). The van der Waals surface area contributed by atoms with Gasteiger partial charge in [0.15, 0.2) is 0 Å². The lowest BCUT2D eigenvalue weighted by molar-refractivity contribution is -0.132. The van der Waals surface area contributed by atoms with Crippen LogP contribution in [0.25, 0.3) is 0 Å². The Hall–Kier alpha value is -2.12. The predicted octanol–water partition coefficient (Wildman–Crippen LogP) is 4.03. The Kier molecular flexibility index (Phi) is 5.06. The second-order valence-electron chi connectivity index (χ2n) is 6.72. The Balaban J connectivity index is 1.40. The van der Waals surface area contributed by atoms with E-state index < -0.39 is 0 Å². The molecule has 1 aromatic carbocycles. The van der Waals surface area contributed by atoms with Gasteiger partial charge >= 0.3 is 6.03 Å². The fraction of sp³-hybridized carbons (Fsp3) is 0.368. The van der Waals surface area contributed by atoms with Crippen molar-refractivity contribution in [2.45, 2.75) is 24.3 Å². The molecule has 1 spiro atoms. The number of hydrogen-bond donors (Lipinski definition) is 1. The van der Waals surface area contributed by atoms with Crippen molar-refractivity contribution in [3.8, 4) is 0 Å². The lowest BCUT2D eigenvalue weighted by Gasteiger charge is -2.43. The lowest BCUT2D eigenvalue weighted by Crippen LogP contribution is -2.53. The van der Waals surface area contributed by atoms with Gasteiger partial charge in [-0.15, -0.1) is 11.8 Å². The van der Waals surface area contributed by atoms with E-state index in [0.29, 0.717) is 36.1 Å². The van der Waals surface area contributed by atoms with Gasteiger partial charge < -0.3 is 19.5 Å². The molecule has 2 aliphatic heterocycles. The molecule has 0 saturated carbocycles. The number of rotatable bonds is 3. The molecular weight excluding hydrogens is 386 g/mol. The summed E-state index contributed by atoms with van der Waals surface area (Å²) < 4.78 is 5.42. The number of nitrogens with one attached hydrogen (secondary N) is 1. The van der Waals surface area contributed by atoms with E-state index in [0.717, 1.165) is 18.6 Å². The van der Waals surface area contributed by atoms with Gasteiger partial charge in [-0.05, 0) is 43.2 Å². The van der Waals surface area contributed by atoms with E-state index in [1.54, 1.807) is 41.1 Å². The highest BCUT2D eigenvalue weighted by Crippen LogP contribution is 2.45. The van der Waals surface area contributed by atoms with Gasteiger partial charge in [-0.1, -0.05) is 17.7 Å². The number of likely N-dealkylation sites (tertiary alicyclic amines) is 1. The molecule has 2 fully saturated rings. The highest BCUT2D eigenvalue weighted by molar-refractivity contribution is 8.01. The molecule has 3 heterocycles. The summed E-state index contributed by atoms with van der Waals surface area (Å²) in [4.78, 5) is 28.4. The standard InChI is InChI=1S/C19H20ClN3O3S/c20-14-3-1-4-15(11-14)21-18(25)22-8-6-19(7-9-22)23(17(24)13-27-19)12-16-5-2-10-26-16/h1-5,10-11H,6-9,12-13H2,(H,21,25). The van der Waals surface area contributed by atoms with E-state index in [-0.39, 0.29) is 16.8 Å². The van der Waals surface area contributed by atoms with E-state index in [1.165, 1.54) is 0 Å². The van der Waals surface area contributed by atoms with Crippen molar-refractivity contribution in [3.63, 3.8) is 0 Å². The number of furan rings is 1. The number of carbonyl (C=O) groups is 2. The average Bonchev–Trinajstić information content (AvgIpc) is 3.27. The molecule has 1 N–H and O–H groups in total. The summed E-state index contributed by atoms with van der Waals surface area (Å²) in [6.45, 7) is 1.68. The minimum absolute atomic E-state index is 0.133. The lowest BCUT2D eigenvalue weighted by atomic mass is 10.0. The third-order valence-electron chi connectivity index (χ3n) is 5.06. The summed E-state index contributed by atoms with van der Waals surface area (Å²) in [5.74, 6) is 1.40. The van der Waals surface area contributed by atoms with Crippen LogP contribution in [0.5, 0.6) is 0 Å². The molecule has 1 aromatic heterocycles. The number of halogens is 1. The van der Waals surface area contributed by atoms with E-state index >= 15 is 0 Å². The van der Waals surface area contributed by atoms with Crippen molar-refractivity contribution < 1.29 is 14.0 Å². The number of anilines is 1. The molecule has 0 unspecified atom stereocenters. The first-order valence-electron chi connectivity index (χ1n) is 8.84. The van der Waals surface area contributed by atoms with Gasteiger partial charge in [0.2, 0.25) is 5.91 Å². The largest absolute Gasteiger partial charge is 0.467 e. The van der Waals surface area contributed by atoms with Crippen LogP contribution >= 0.6 is 23.4 Å². The van der Waals surface area contributed by atoms with Crippen LogP contribution < -0.4 is 5.32 Å². The minimum atomic E-state index is -0.253. The fourth-order valence-electron chi connectivity index (χ4n) is 3.61. The van der Waals surface area contributed by atoms with Crippen LogP contribution in [0.15, 0.2) is 47.1 Å². The zero-order valence-electron chi connectivity index (χ0n) is 14.7. The van der Waals surface area contributed by atoms with Gasteiger partial charge in [0.1, 0.15) is 5.76 Å². The number of amides is 3. The monoisotopic (exact) mass is 405 g/mol. The van der Waals surface area contributed by atoms with Gasteiger partial charge in [-0.2, -0.15) is 0 Å². The van der Waals surface area contributed by atoms with E-state index in [2.05, 4.69) is 5.32 Å². The number of hydrogen-bond acceptors (Lipinski definition) is 4. The summed E-state index contributed by atoms with van der Waals surface area (Å²) in [7, 11) is 0. The van der Waals surface area contributed by atoms with Crippen LogP contribution in [0.1, 0.15) is 18.6 Å². The Morgan fingerprint density at radius 2 is 2.07 bits per heavy atom. The molecule has 2 aromatic rings. The molecule has 0 aliphatic carbocycles. The number of benzene rings is 1. The first-order chi connectivity index (χ1) is 13.1. The molecule has 0 radical (unpaired) electrons. The van der Waals surface area contributed by atoms with Crippen LogP contribution in [-0.2, 0) is 11.3 Å². The molecule has 142 valence electrons. The minimum Gasteiger partial charge on any atom is -0.467 e. The second-order valence-corrected chi connectivity index (χ2v) is 8.50. The maximum atomic E-state index is 12.6. The maximum Gasteiger partial charge on any atom is 0.321 e. The number of nitrogens with zero attached hydrogens (tertiary/aromatic N) is 2. The smallest absolute Gasteiger partial charge is 0.321 e. The van der Waals surface area contributed by atoms with Crippen molar-refractivity contribution in [1.82, 2.24) is 9.80 Å². The second kappa shape index (κ2) is 7.48. The molecule has 0 atom stereocenters. The molecule has 3 amide bonds. The Bertz CT molecular complexity index is 834. The predicted molar refractivity (Wildman–Crippen MR) is 106 cm³/mol. The van der Waals surface area contributed by atoms with Gasteiger partial charge in [-0.3, -0.25) is 4.79 Å². The van der Waals surface area contributed by atoms with Crippen LogP contribution in [0.3, 0.4) is 0 Å². The van der Waals surface area contributed by atoms with Crippen LogP contribution in [0, 0.1) is 0 Å². The molecular formula is C19H20ClN3O3S. The topological polar surface area (TPSA) is 65.8 Å². The van der Waals surface area contributed by atoms with Gasteiger partial charge in [0, 0.05) is 23.8 Å². The highest BCUT2D eigenvalue weighted by Gasteiger charge is 2.48. The zero-order valence-corrected chi connectivity index (χ0v) is 16.3. The summed E-state index contributed by atoms with van der Waals surface area (Å²) >= 11 is 7.65. The molecule has 6 nitrogen and oxygen atoms in total. The average molecular weight is 406 g/mol. The number of piperidine rings is 1. The van der Waals surface area contributed by atoms with Gasteiger partial charge in [0.05, 0.1) is 23.4 Å². The molecule has 2 saturated heterocycles. The maximum absolute atomic E-state index is 12.6. The van der Waals surface area contributed by atoms with E-state index in [1.807, 2.05) is 23.1 Å². The Morgan fingerprint density at radius 3 is 2.78 bits per heavy atom. The first-order valence-corrected chi connectivity index (χ1v) is 10.2. The molecule has 2 aliphatic rings. The molecule has 8 heteroatoms. The van der Waals surface area contributed by atoms with E-state index in [4.69, 9.17) is 16.0 Å². The quantitative estimate of drug-likeness (QED) is 0.837. The number of thioether (sulfide) groups is 1. The SMILES string of the molecule is O=C(Nc1cccc(Cl)c1)N1CCC2(CC1)SCC(=O)N2Cc1ccco1. The number of urea groups is 1. The van der Waals surface area contributed by atoms with Crippen molar-refractivity contribution in [2.24, 2.45) is 0 Å². The van der Waals surface area contributed by atoms with Crippen LogP contribution in [-0.4, -0.2) is 45.5 Å². The summed E-state index contributed by atoms with van der Waals surface area (Å²) in [6.07, 6.45) is 3.11. The summed E-state index contributed by atoms with van der Waals surface area (Å²) in [6, 6.07) is 10.7. The van der Waals surface area contributed by atoms with Crippen LogP contribution in [0.2, 0.25) is 5.02 Å². The van der Waals surface area contributed by atoms with Crippen molar-refractivity contribution in [3.05, 3.63) is 53.4 Å². The fourth-order valence-corrected chi connectivity index (χ4v) is 5.14. The third-order valence-corrected chi connectivity index (χ3v) is 6.85. The normalized spacial score (nSPS) is 18.9. The van der Waals surface area contributed by atoms with Gasteiger partial charge in [0.25, 0.3) is 0 Å². The third kappa shape index (κ3) is 3.80. The van der Waals surface area contributed by atoms with Crippen molar-refractivity contribution in [2.75, 3.05) is 24.2 Å². The summed E-state index contributed by atoms with van der Waals surface area (Å²) in [5, 5.41) is 3.47.